The Balaban J connectivity index is 1.78. The summed E-state index contributed by atoms with van der Waals surface area (Å²) < 4.78 is 21.7. The van der Waals surface area contributed by atoms with E-state index in [-0.39, 0.29) is 11.9 Å². The van der Waals surface area contributed by atoms with Gasteiger partial charge in [-0.1, -0.05) is 0 Å². The summed E-state index contributed by atoms with van der Waals surface area (Å²) in [6.07, 6.45) is 3.99. The fourth-order valence-corrected chi connectivity index (χ4v) is 3.51. The van der Waals surface area contributed by atoms with Crippen LogP contribution in [-0.4, -0.2) is 51.8 Å². The summed E-state index contributed by atoms with van der Waals surface area (Å²) in [5.41, 5.74) is 0.398. The first-order valence-electron chi connectivity index (χ1n) is 9.04. The molecule has 3 rings (SSSR count). The summed E-state index contributed by atoms with van der Waals surface area (Å²) >= 11 is 0. The molecule has 1 aromatic carbocycles. The largest absolute Gasteiger partial charge is 0.493 e. The molecule has 0 aliphatic carbocycles. The predicted molar refractivity (Wildman–Crippen MR) is 101 cm³/mol. The number of amides is 1. The second kappa shape index (κ2) is 8.81. The summed E-state index contributed by atoms with van der Waals surface area (Å²) in [6.45, 7) is 2.45. The second-order valence-corrected chi connectivity index (χ2v) is 6.37. The maximum atomic E-state index is 12.8. The zero-order valence-corrected chi connectivity index (χ0v) is 16.0. The van der Waals surface area contributed by atoms with E-state index in [4.69, 9.17) is 18.6 Å². The smallest absolute Gasteiger partial charge is 0.255 e. The van der Waals surface area contributed by atoms with Gasteiger partial charge in [0.05, 0.1) is 39.2 Å². The van der Waals surface area contributed by atoms with Crippen molar-refractivity contribution in [2.75, 3.05) is 41.0 Å². The van der Waals surface area contributed by atoms with Crippen molar-refractivity contribution in [3.63, 3.8) is 0 Å². The van der Waals surface area contributed by atoms with Gasteiger partial charge in [0.2, 0.25) is 5.75 Å². The Hall–Kier alpha value is -2.67. The van der Waals surface area contributed by atoms with E-state index in [0.717, 1.165) is 31.7 Å². The van der Waals surface area contributed by atoms with Gasteiger partial charge in [0, 0.05) is 6.54 Å². The van der Waals surface area contributed by atoms with Gasteiger partial charge in [-0.2, -0.15) is 0 Å². The number of benzene rings is 1. The van der Waals surface area contributed by atoms with Gasteiger partial charge in [-0.25, -0.2) is 0 Å². The lowest BCUT2D eigenvalue weighted by atomic mass is 10.1. The van der Waals surface area contributed by atoms with Crippen molar-refractivity contribution in [2.24, 2.45) is 0 Å². The number of hydrogen-bond acceptors (Lipinski definition) is 6. The van der Waals surface area contributed by atoms with Crippen molar-refractivity contribution in [3.8, 4) is 17.2 Å². The molecule has 1 saturated heterocycles. The van der Waals surface area contributed by atoms with Crippen molar-refractivity contribution < 1.29 is 23.4 Å². The van der Waals surface area contributed by atoms with Crippen LogP contribution in [0.25, 0.3) is 0 Å². The van der Waals surface area contributed by atoms with Crippen molar-refractivity contribution in [1.82, 2.24) is 10.2 Å². The minimum absolute atomic E-state index is 0.0117. The van der Waals surface area contributed by atoms with E-state index >= 15 is 0 Å². The molecule has 7 heteroatoms. The van der Waals surface area contributed by atoms with E-state index in [1.807, 2.05) is 12.1 Å². The highest BCUT2D eigenvalue weighted by Gasteiger charge is 2.27. The molecule has 146 valence electrons. The molecule has 0 saturated carbocycles. The molecule has 1 fully saturated rings. The van der Waals surface area contributed by atoms with E-state index in [9.17, 15) is 4.79 Å². The average molecular weight is 374 g/mol. The van der Waals surface area contributed by atoms with Crippen LogP contribution in [0, 0.1) is 0 Å². The van der Waals surface area contributed by atoms with Crippen LogP contribution >= 0.6 is 0 Å². The SMILES string of the molecule is COc1ccc(C(=O)NC[C@@H](c2ccco2)N2CCCC2)c(OC)c1OC. The van der Waals surface area contributed by atoms with E-state index in [1.54, 1.807) is 25.5 Å². The third-order valence-corrected chi connectivity index (χ3v) is 4.86. The Morgan fingerprint density at radius 2 is 1.85 bits per heavy atom. The molecule has 0 radical (unpaired) electrons. The molecular formula is C20H26N2O5. The van der Waals surface area contributed by atoms with Gasteiger partial charge in [-0.3, -0.25) is 9.69 Å². The van der Waals surface area contributed by atoms with Crippen LogP contribution < -0.4 is 19.5 Å². The maximum absolute atomic E-state index is 12.8. The lowest BCUT2D eigenvalue weighted by Crippen LogP contribution is -2.36. The van der Waals surface area contributed by atoms with Crippen LogP contribution in [0.4, 0.5) is 0 Å². The zero-order valence-electron chi connectivity index (χ0n) is 16.0. The highest BCUT2D eigenvalue weighted by molar-refractivity contribution is 5.98. The zero-order chi connectivity index (χ0) is 19.2. The fourth-order valence-electron chi connectivity index (χ4n) is 3.51. The van der Waals surface area contributed by atoms with Gasteiger partial charge in [-0.05, 0) is 50.2 Å². The number of nitrogens with one attached hydrogen (secondary N) is 1. The first kappa shape index (κ1) is 19.1. The van der Waals surface area contributed by atoms with E-state index in [2.05, 4.69) is 10.2 Å². The summed E-state index contributed by atoms with van der Waals surface area (Å²) in [4.78, 5) is 15.2. The Morgan fingerprint density at radius 3 is 2.44 bits per heavy atom. The summed E-state index contributed by atoms with van der Waals surface area (Å²) in [7, 11) is 4.56. The number of carbonyl (C=O) groups is 1. The normalized spacial score (nSPS) is 15.4. The molecule has 7 nitrogen and oxygen atoms in total. The van der Waals surface area contributed by atoms with Gasteiger partial charge in [0.1, 0.15) is 5.76 Å². The third-order valence-electron chi connectivity index (χ3n) is 4.86. The van der Waals surface area contributed by atoms with Gasteiger partial charge in [0.15, 0.2) is 11.5 Å². The number of furan rings is 1. The topological polar surface area (TPSA) is 73.2 Å². The van der Waals surface area contributed by atoms with Crippen LogP contribution in [0.2, 0.25) is 0 Å². The van der Waals surface area contributed by atoms with Gasteiger partial charge < -0.3 is 23.9 Å². The van der Waals surface area contributed by atoms with Gasteiger partial charge in [0.25, 0.3) is 5.91 Å². The summed E-state index contributed by atoms with van der Waals surface area (Å²) in [5.74, 6) is 1.89. The molecule has 1 atom stereocenters. The fraction of sp³-hybridized carbons (Fsp3) is 0.450. The Labute approximate surface area is 159 Å². The Morgan fingerprint density at radius 1 is 1.11 bits per heavy atom. The van der Waals surface area contributed by atoms with Crippen LogP contribution in [0.5, 0.6) is 17.2 Å². The molecule has 0 unspecified atom stereocenters. The quantitative estimate of drug-likeness (QED) is 0.766. The van der Waals surface area contributed by atoms with Gasteiger partial charge in [-0.15, -0.1) is 0 Å². The van der Waals surface area contributed by atoms with Crippen LogP contribution in [-0.2, 0) is 0 Å². The van der Waals surface area contributed by atoms with Crippen molar-refractivity contribution in [1.29, 1.82) is 0 Å². The molecule has 0 bridgehead atoms. The molecule has 2 heterocycles. The first-order valence-corrected chi connectivity index (χ1v) is 9.04. The predicted octanol–water partition coefficient (Wildman–Crippen LogP) is 2.87. The van der Waals surface area contributed by atoms with E-state index in [1.165, 1.54) is 14.2 Å². The third kappa shape index (κ3) is 4.03. The van der Waals surface area contributed by atoms with Crippen LogP contribution in [0.1, 0.15) is 35.0 Å². The molecule has 1 aliphatic heterocycles. The molecule has 1 N–H and O–H groups in total. The molecule has 2 aromatic rings. The summed E-state index contributed by atoms with van der Waals surface area (Å²) in [6, 6.07) is 7.20. The number of rotatable bonds is 8. The highest BCUT2D eigenvalue weighted by atomic mass is 16.5. The Kier molecular flexibility index (Phi) is 6.24. The van der Waals surface area contributed by atoms with Crippen LogP contribution in [0.3, 0.4) is 0 Å². The minimum atomic E-state index is -0.233. The van der Waals surface area contributed by atoms with E-state index < -0.39 is 0 Å². The Bertz CT molecular complexity index is 754. The number of hydrogen-bond donors (Lipinski definition) is 1. The second-order valence-electron chi connectivity index (χ2n) is 6.37. The lowest BCUT2D eigenvalue weighted by Gasteiger charge is -2.26. The van der Waals surface area contributed by atoms with E-state index in [0.29, 0.717) is 29.4 Å². The number of likely N-dealkylation sites (tertiary alicyclic amines) is 1. The molecule has 27 heavy (non-hydrogen) atoms. The number of nitrogens with zero attached hydrogens (tertiary/aromatic N) is 1. The molecule has 1 aromatic heterocycles. The lowest BCUT2D eigenvalue weighted by molar-refractivity contribution is 0.0930. The van der Waals surface area contributed by atoms with Gasteiger partial charge >= 0.3 is 0 Å². The molecule has 0 spiro atoms. The average Bonchev–Trinajstić information content (AvgIpc) is 3.41. The number of ether oxygens (including phenoxy) is 3. The number of carbonyl (C=O) groups excluding carboxylic acids is 1. The minimum Gasteiger partial charge on any atom is -0.493 e. The van der Waals surface area contributed by atoms with Crippen molar-refractivity contribution in [2.45, 2.75) is 18.9 Å². The van der Waals surface area contributed by atoms with Crippen LogP contribution in [0.15, 0.2) is 34.9 Å². The summed E-state index contributed by atoms with van der Waals surface area (Å²) in [5, 5.41) is 3.01. The monoisotopic (exact) mass is 374 g/mol. The maximum Gasteiger partial charge on any atom is 0.255 e. The standard InChI is InChI=1S/C20H26N2O5/c1-24-17-9-8-14(18(25-2)19(17)26-3)20(23)21-13-15(16-7-6-12-27-16)22-10-4-5-11-22/h6-9,12,15H,4-5,10-11,13H2,1-3H3,(H,21,23)/t15-/m0/s1. The molecule has 1 amide bonds. The van der Waals surface area contributed by atoms with Crippen molar-refractivity contribution in [3.05, 3.63) is 41.9 Å². The van der Waals surface area contributed by atoms with Crippen molar-refractivity contribution >= 4 is 5.91 Å². The number of methoxy groups -OCH3 is 3. The molecule has 1 aliphatic rings. The first-order chi connectivity index (χ1) is 13.2. The molecular weight excluding hydrogens is 348 g/mol. The highest BCUT2D eigenvalue weighted by Crippen LogP contribution is 2.39.